The van der Waals surface area contributed by atoms with Crippen molar-refractivity contribution in [1.29, 1.82) is 0 Å². The van der Waals surface area contributed by atoms with Crippen molar-refractivity contribution in [2.24, 2.45) is 5.14 Å². The number of nitrogens with zero attached hydrogens (tertiary/aromatic N) is 1. The van der Waals surface area contributed by atoms with Crippen LogP contribution < -0.4 is 5.14 Å². The number of rotatable bonds is 4. The lowest BCUT2D eigenvalue weighted by molar-refractivity contribution is -0.137. The maximum Gasteiger partial charge on any atom is 0.416 e. The fourth-order valence-electron chi connectivity index (χ4n) is 3.47. The van der Waals surface area contributed by atoms with Gasteiger partial charge in [0.2, 0.25) is 10.0 Å². The molecule has 0 aliphatic carbocycles. The number of aromatic nitrogens is 2. The number of aryl methyl sites for hydroxylation is 1. The summed E-state index contributed by atoms with van der Waals surface area (Å²) in [6.07, 6.45) is -1.28. The third-order valence-electron chi connectivity index (χ3n) is 4.87. The van der Waals surface area contributed by atoms with Crippen molar-refractivity contribution >= 4 is 33.2 Å². The number of H-pyrrole nitrogens is 1. The van der Waals surface area contributed by atoms with E-state index in [1.165, 1.54) is 6.07 Å². The van der Waals surface area contributed by atoms with Crippen LogP contribution in [0.3, 0.4) is 0 Å². The van der Waals surface area contributed by atoms with Gasteiger partial charge in [0, 0.05) is 5.56 Å². The molecule has 0 bridgehead atoms. The Bertz CT molecular complexity index is 1460. The number of sulfonamides is 1. The van der Waals surface area contributed by atoms with Crippen molar-refractivity contribution in [3.8, 4) is 11.1 Å². The number of hydrogen-bond acceptors (Lipinski definition) is 3. The predicted molar refractivity (Wildman–Crippen MR) is 118 cm³/mol. The highest BCUT2D eigenvalue weighted by atomic mass is 32.2. The summed E-state index contributed by atoms with van der Waals surface area (Å²) in [6.45, 7) is 1.61. The first-order chi connectivity index (χ1) is 15.0. The smallest absolute Gasteiger partial charge is 0.338 e. The Morgan fingerprint density at radius 2 is 1.75 bits per heavy atom. The van der Waals surface area contributed by atoms with Crippen LogP contribution in [0.4, 0.5) is 13.2 Å². The minimum absolute atomic E-state index is 0.00919. The molecule has 1 aromatic heterocycles. The Kier molecular flexibility index (Phi) is 5.39. The molecule has 0 spiro atoms. The molecule has 0 saturated heterocycles. The van der Waals surface area contributed by atoms with E-state index >= 15 is 0 Å². The zero-order chi connectivity index (χ0) is 23.1. The molecule has 3 aromatic carbocycles. The number of nitrogens with one attached hydrogen (secondary N) is 1. The minimum atomic E-state index is -4.42. The lowest BCUT2D eigenvalue weighted by atomic mass is 10.1. The van der Waals surface area contributed by atoms with E-state index in [1.807, 2.05) is 0 Å². The second-order valence-electron chi connectivity index (χ2n) is 7.36. The van der Waals surface area contributed by atoms with Crippen LogP contribution in [0, 0.1) is 6.92 Å². The summed E-state index contributed by atoms with van der Waals surface area (Å²) in [5.74, 6) is 0.451. The van der Waals surface area contributed by atoms with E-state index in [0.29, 0.717) is 39.1 Å². The molecular formula is C23H18F3N3O2S. The largest absolute Gasteiger partial charge is 0.416 e. The van der Waals surface area contributed by atoms with Crippen LogP contribution in [-0.2, 0) is 16.2 Å². The van der Waals surface area contributed by atoms with Crippen LogP contribution >= 0.6 is 0 Å². The Hall–Kier alpha value is -3.43. The number of benzene rings is 3. The number of nitrogens with two attached hydrogens (primary N) is 1. The Morgan fingerprint density at radius 3 is 2.47 bits per heavy atom. The van der Waals surface area contributed by atoms with Crippen molar-refractivity contribution in [2.75, 3.05) is 0 Å². The van der Waals surface area contributed by atoms with Crippen LogP contribution in [0.1, 0.15) is 22.5 Å². The van der Waals surface area contributed by atoms with Crippen molar-refractivity contribution < 1.29 is 21.6 Å². The summed E-state index contributed by atoms with van der Waals surface area (Å²) >= 11 is 0. The summed E-state index contributed by atoms with van der Waals surface area (Å²) < 4.78 is 62.9. The van der Waals surface area contributed by atoms with E-state index in [2.05, 4.69) is 9.97 Å². The summed E-state index contributed by atoms with van der Waals surface area (Å²) in [4.78, 5) is 7.55. The van der Waals surface area contributed by atoms with Gasteiger partial charge in [-0.15, -0.1) is 0 Å². The third kappa shape index (κ3) is 4.58. The molecule has 9 heteroatoms. The first-order valence-electron chi connectivity index (χ1n) is 9.50. The second-order valence-corrected chi connectivity index (χ2v) is 8.89. The van der Waals surface area contributed by atoms with Crippen molar-refractivity contribution in [3.05, 3.63) is 83.2 Å². The molecule has 0 saturated carbocycles. The Labute approximate surface area is 182 Å². The fourth-order valence-corrected chi connectivity index (χ4v) is 4.23. The van der Waals surface area contributed by atoms with E-state index < -0.39 is 21.8 Å². The number of fused-ring (bicyclic) bond motifs is 1. The Morgan fingerprint density at radius 1 is 1.00 bits per heavy atom. The molecule has 0 atom stereocenters. The van der Waals surface area contributed by atoms with Gasteiger partial charge in [-0.1, -0.05) is 36.4 Å². The van der Waals surface area contributed by atoms with Gasteiger partial charge in [0.25, 0.3) is 0 Å². The predicted octanol–water partition coefficient (Wildman–Crippen LogP) is 5.37. The maximum atomic E-state index is 13.0. The molecule has 5 nitrogen and oxygen atoms in total. The number of aromatic amines is 1. The highest BCUT2D eigenvalue weighted by Crippen LogP contribution is 2.31. The zero-order valence-corrected chi connectivity index (χ0v) is 17.6. The second kappa shape index (κ2) is 7.92. The van der Waals surface area contributed by atoms with Gasteiger partial charge in [-0.05, 0) is 60.0 Å². The molecule has 0 unspecified atom stereocenters. The van der Waals surface area contributed by atoms with Gasteiger partial charge in [-0.25, -0.2) is 18.5 Å². The molecule has 1 heterocycles. The quantitative estimate of drug-likeness (QED) is 0.432. The molecule has 0 aliphatic heterocycles. The molecule has 0 radical (unpaired) electrons. The minimum Gasteiger partial charge on any atom is -0.338 e. The number of halogens is 3. The molecule has 164 valence electrons. The zero-order valence-electron chi connectivity index (χ0n) is 16.8. The van der Waals surface area contributed by atoms with Crippen LogP contribution in [0.15, 0.2) is 65.6 Å². The molecular weight excluding hydrogens is 439 g/mol. The van der Waals surface area contributed by atoms with Gasteiger partial charge in [-0.2, -0.15) is 13.2 Å². The van der Waals surface area contributed by atoms with Gasteiger partial charge in [-0.3, -0.25) is 0 Å². The van der Waals surface area contributed by atoms with E-state index in [9.17, 15) is 21.6 Å². The van der Waals surface area contributed by atoms with Crippen molar-refractivity contribution in [2.45, 2.75) is 18.0 Å². The van der Waals surface area contributed by atoms with Gasteiger partial charge in [0.05, 0.1) is 21.5 Å². The standard InChI is InChI=1S/C23H18F3N3O2S/c1-14-10-15(12-17(11-14)23(24,25)26)6-9-22-28-19-8-7-16(13-20(19)29-22)18-4-2-3-5-21(18)32(27,30)31/h2-13H,1H3,(H,28,29)(H2,27,30,31)/b9-6+. The van der Waals surface area contributed by atoms with Gasteiger partial charge in [0.15, 0.2) is 0 Å². The molecule has 3 N–H and O–H groups in total. The van der Waals surface area contributed by atoms with E-state index in [-0.39, 0.29) is 4.90 Å². The van der Waals surface area contributed by atoms with Gasteiger partial charge in [0.1, 0.15) is 5.82 Å². The molecule has 0 fully saturated rings. The fraction of sp³-hybridized carbons (Fsp3) is 0.0870. The van der Waals surface area contributed by atoms with E-state index in [1.54, 1.807) is 61.5 Å². The lowest BCUT2D eigenvalue weighted by Gasteiger charge is -2.08. The first kappa shape index (κ1) is 21.8. The number of hydrogen-bond donors (Lipinski definition) is 2. The average molecular weight is 457 g/mol. The highest BCUT2D eigenvalue weighted by molar-refractivity contribution is 7.89. The molecule has 4 aromatic rings. The Balaban J connectivity index is 1.69. The first-order valence-corrected chi connectivity index (χ1v) is 11.0. The van der Waals surface area contributed by atoms with Crippen LogP contribution in [-0.4, -0.2) is 18.4 Å². The summed E-state index contributed by atoms with van der Waals surface area (Å²) in [6, 6.07) is 15.4. The van der Waals surface area contributed by atoms with Crippen molar-refractivity contribution in [1.82, 2.24) is 9.97 Å². The molecule has 0 aliphatic rings. The monoisotopic (exact) mass is 457 g/mol. The van der Waals surface area contributed by atoms with Crippen LogP contribution in [0.25, 0.3) is 34.3 Å². The summed E-state index contributed by atoms with van der Waals surface area (Å²) in [5, 5.41) is 5.33. The van der Waals surface area contributed by atoms with Crippen molar-refractivity contribution in [3.63, 3.8) is 0 Å². The third-order valence-corrected chi connectivity index (χ3v) is 5.84. The maximum absolute atomic E-state index is 13.0. The summed E-state index contributed by atoms with van der Waals surface area (Å²) in [5.41, 5.74) is 2.55. The average Bonchev–Trinajstić information content (AvgIpc) is 3.13. The van der Waals surface area contributed by atoms with Gasteiger partial charge < -0.3 is 4.98 Å². The number of imidazole rings is 1. The molecule has 32 heavy (non-hydrogen) atoms. The normalized spacial score (nSPS) is 12.7. The van der Waals surface area contributed by atoms with Gasteiger partial charge >= 0.3 is 6.18 Å². The van der Waals surface area contributed by atoms with E-state index in [4.69, 9.17) is 5.14 Å². The topological polar surface area (TPSA) is 88.8 Å². The van der Waals surface area contributed by atoms with Crippen LogP contribution in [0.5, 0.6) is 0 Å². The highest BCUT2D eigenvalue weighted by Gasteiger charge is 2.30. The van der Waals surface area contributed by atoms with E-state index in [0.717, 1.165) is 12.1 Å². The molecule has 0 amide bonds. The summed E-state index contributed by atoms with van der Waals surface area (Å²) in [7, 11) is -3.91. The number of primary sulfonamides is 1. The lowest BCUT2D eigenvalue weighted by Crippen LogP contribution is -2.13. The SMILES string of the molecule is Cc1cc(/C=C/c2nc3cc(-c4ccccc4S(N)(=O)=O)ccc3[nH]2)cc(C(F)(F)F)c1. The number of alkyl halides is 3. The van der Waals surface area contributed by atoms with Crippen LogP contribution in [0.2, 0.25) is 0 Å². The molecule has 4 rings (SSSR count).